The van der Waals surface area contributed by atoms with Crippen molar-refractivity contribution in [3.05, 3.63) is 35.6 Å². The molecule has 1 aromatic rings. The average molecular weight is 237 g/mol. The molecule has 0 unspecified atom stereocenters. The Hall–Kier alpha value is -1.38. The predicted octanol–water partition coefficient (Wildman–Crippen LogP) is 2.92. The molecule has 1 aromatic carbocycles. The fraction of sp³-hybridized carbons (Fsp3) is 0.500. The summed E-state index contributed by atoms with van der Waals surface area (Å²) in [6.45, 7) is 6.09. The van der Waals surface area contributed by atoms with Crippen LogP contribution in [0.1, 0.15) is 32.8 Å². The molecule has 1 rings (SSSR count). The van der Waals surface area contributed by atoms with Crippen LogP contribution in [0.4, 0.5) is 4.39 Å². The molecular weight excluding hydrogens is 217 g/mol. The van der Waals surface area contributed by atoms with Crippen molar-refractivity contribution in [1.29, 1.82) is 0 Å². The summed E-state index contributed by atoms with van der Waals surface area (Å²) in [4.78, 5) is 11.6. The number of amides is 1. The number of benzene rings is 1. The molecule has 0 heterocycles. The molecule has 2 nitrogen and oxygen atoms in total. The topological polar surface area (TPSA) is 29.1 Å². The van der Waals surface area contributed by atoms with Crippen LogP contribution in [0.3, 0.4) is 0 Å². The SMILES string of the molecule is CC(C)[C@H](C)NC(=O)CCc1ccccc1F. The van der Waals surface area contributed by atoms with E-state index in [1.807, 2.05) is 6.92 Å². The summed E-state index contributed by atoms with van der Waals surface area (Å²) in [6.07, 6.45) is 0.779. The Morgan fingerprint density at radius 3 is 2.53 bits per heavy atom. The molecule has 0 saturated carbocycles. The Balaban J connectivity index is 2.41. The van der Waals surface area contributed by atoms with Gasteiger partial charge in [0.05, 0.1) is 0 Å². The second-order valence-corrected chi connectivity index (χ2v) is 4.69. The van der Waals surface area contributed by atoms with Gasteiger partial charge in [-0.25, -0.2) is 4.39 Å². The fourth-order valence-corrected chi connectivity index (χ4v) is 1.44. The van der Waals surface area contributed by atoms with Gasteiger partial charge in [0.2, 0.25) is 5.91 Å². The molecule has 0 radical (unpaired) electrons. The number of halogens is 1. The first-order valence-electron chi connectivity index (χ1n) is 6.03. The minimum Gasteiger partial charge on any atom is -0.353 e. The molecule has 0 saturated heterocycles. The van der Waals surface area contributed by atoms with E-state index in [0.29, 0.717) is 24.3 Å². The van der Waals surface area contributed by atoms with Crippen LogP contribution in [0.2, 0.25) is 0 Å². The van der Waals surface area contributed by atoms with Crippen LogP contribution >= 0.6 is 0 Å². The van der Waals surface area contributed by atoms with Crippen LogP contribution in [0.5, 0.6) is 0 Å². The lowest BCUT2D eigenvalue weighted by molar-refractivity contribution is -0.121. The van der Waals surface area contributed by atoms with Crippen molar-refractivity contribution in [2.45, 2.75) is 39.7 Å². The van der Waals surface area contributed by atoms with Gasteiger partial charge in [0, 0.05) is 12.5 Å². The second-order valence-electron chi connectivity index (χ2n) is 4.69. The summed E-state index contributed by atoms with van der Waals surface area (Å²) in [5.41, 5.74) is 0.597. The summed E-state index contributed by atoms with van der Waals surface area (Å²) in [5.74, 6) is 0.152. The molecule has 94 valence electrons. The molecule has 0 aliphatic rings. The monoisotopic (exact) mass is 237 g/mol. The average Bonchev–Trinajstić information content (AvgIpc) is 2.27. The molecule has 0 spiro atoms. The van der Waals surface area contributed by atoms with Crippen LogP contribution < -0.4 is 5.32 Å². The largest absolute Gasteiger partial charge is 0.353 e. The van der Waals surface area contributed by atoms with Crippen molar-refractivity contribution in [2.75, 3.05) is 0 Å². The number of rotatable bonds is 5. The lowest BCUT2D eigenvalue weighted by atomic mass is 10.1. The summed E-state index contributed by atoms with van der Waals surface area (Å²) < 4.78 is 13.3. The van der Waals surface area contributed by atoms with E-state index in [0.717, 1.165) is 0 Å². The lowest BCUT2D eigenvalue weighted by Gasteiger charge is -2.17. The Morgan fingerprint density at radius 2 is 1.94 bits per heavy atom. The molecule has 17 heavy (non-hydrogen) atoms. The van der Waals surface area contributed by atoms with Gasteiger partial charge in [-0.05, 0) is 30.9 Å². The van der Waals surface area contributed by atoms with Gasteiger partial charge in [0.25, 0.3) is 0 Å². The maximum absolute atomic E-state index is 13.3. The summed E-state index contributed by atoms with van der Waals surface area (Å²) in [6, 6.07) is 6.73. The Kier molecular flexibility index (Phi) is 5.13. The number of nitrogens with one attached hydrogen (secondary N) is 1. The Labute approximate surface area is 102 Å². The van der Waals surface area contributed by atoms with E-state index >= 15 is 0 Å². The van der Waals surface area contributed by atoms with Gasteiger partial charge in [-0.2, -0.15) is 0 Å². The normalized spacial score (nSPS) is 12.5. The summed E-state index contributed by atoms with van der Waals surface area (Å²) in [5, 5.41) is 2.91. The van der Waals surface area contributed by atoms with Gasteiger partial charge >= 0.3 is 0 Å². The minimum atomic E-state index is -0.239. The third kappa shape index (κ3) is 4.55. The highest BCUT2D eigenvalue weighted by molar-refractivity contribution is 5.76. The Bertz CT molecular complexity index is 376. The predicted molar refractivity (Wildman–Crippen MR) is 67.2 cm³/mol. The van der Waals surface area contributed by atoms with Gasteiger partial charge in [0.15, 0.2) is 0 Å². The summed E-state index contributed by atoms with van der Waals surface area (Å²) in [7, 11) is 0. The van der Waals surface area contributed by atoms with Crippen LogP contribution in [-0.2, 0) is 11.2 Å². The fourth-order valence-electron chi connectivity index (χ4n) is 1.44. The van der Waals surface area contributed by atoms with Crippen LogP contribution in [0, 0.1) is 11.7 Å². The van der Waals surface area contributed by atoms with Gasteiger partial charge in [-0.15, -0.1) is 0 Å². The zero-order valence-corrected chi connectivity index (χ0v) is 10.7. The molecule has 1 N–H and O–H groups in total. The minimum absolute atomic E-state index is 0.0190. The number of carbonyl (C=O) groups is 1. The van der Waals surface area contributed by atoms with E-state index in [4.69, 9.17) is 0 Å². The van der Waals surface area contributed by atoms with Crippen LogP contribution in [0.15, 0.2) is 24.3 Å². The molecule has 0 aliphatic heterocycles. The van der Waals surface area contributed by atoms with E-state index in [-0.39, 0.29) is 17.8 Å². The number of carbonyl (C=O) groups excluding carboxylic acids is 1. The maximum atomic E-state index is 13.3. The van der Waals surface area contributed by atoms with Crippen LogP contribution in [0.25, 0.3) is 0 Å². The first-order valence-corrected chi connectivity index (χ1v) is 6.03. The zero-order valence-electron chi connectivity index (χ0n) is 10.7. The molecule has 0 bridgehead atoms. The van der Waals surface area contributed by atoms with Crippen molar-refractivity contribution in [1.82, 2.24) is 5.32 Å². The van der Waals surface area contributed by atoms with Crippen LogP contribution in [-0.4, -0.2) is 11.9 Å². The molecule has 3 heteroatoms. The first kappa shape index (κ1) is 13.7. The first-order chi connectivity index (χ1) is 8.00. The quantitative estimate of drug-likeness (QED) is 0.838. The highest BCUT2D eigenvalue weighted by Crippen LogP contribution is 2.09. The standard InChI is InChI=1S/C14H20FNO/c1-10(2)11(3)16-14(17)9-8-12-6-4-5-7-13(12)15/h4-7,10-11H,8-9H2,1-3H3,(H,16,17)/t11-/m0/s1. The molecule has 1 atom stereocenters. The van der Waals surface area contributed by atoms with Gasteiger partial charge in [-0.3, -0.25) is 4.79 Å². The smallest absolute Gasteiger partial charge is 0.220 e. The van der Waals surface area contributed by atoms with Crippen molar-refractivity contribution >= 4 is 5.91 Å². The van der Waals surface area contributed by atoms with Gasteiger partial charge < -0.3 is 5.32 Å². The van der Waals surface area contributed by atoms with E-state index in [9.17, 15) is 9.18 Å². The third-order valence-electron chi connectivity index (χ3n) is 2.97. The molecule has 0 aromatic heterocycles. The Morgan fingerprint density at radius 1 is 1.29 bits per heavy atom. The van der Waals surface area contributed by atoms with Crippen molar-refractivity contribution in [2.24, 2.45) is 5.92 Å². The van der Waals surface area contributed by atoms with E-state index in [2.05, 4.69) is 19.2 Å². The molecular formula is C14H20FNO. The number of hydrogen-bond donors (Lipinski definition) is 1. The van der Waals surface area contributed by atoms with E-state index < -0.39 is 0 Å². The van der Waals surface area contributed by atoms with Crippen molar-refractivity contribution in [3.8, 4) is 0 Å². The van der Waals surface area contributed by atoms with Crippen molar-refractivity contribution in [3.63, 3.8) is 0 Å². The highest BCUT2D eigenvalue weighted by atomic mass is 19.1. The molecule has 0 aliphatic carbocycles. The maximum Gasteiger partial charge on any atom is 0.220 e. The summed E-state index contributed by atoms with van der Waals surface area (Å²) >= 11 is 0. The number of aryl methyl sites for hydroxylation is 1. The van der Waals surface area contributed by atoms with Gasteiger partial charge in [-0.1, -0.05) is 32.0 Å². The lowest BCUT2D eigenvalue weighted by Crippen LogP contribution is -2.36. The zero-order chi connectivity index (χ0) is 12.8. The van der Waals surface area contributed by atoms with E-state index in [1.165, 1.54) is 6.07 Å². The van der Waals surface area contributed by atoms with Gasteiger partial charge in [0.1, 0.15) is 5.82 Å². The molecule has 1 amide bonds. The van der Waals surface area contributed by atoms with Crippen molar-refractivity contribution < 1.29 is 9.18 Å². The molecule has 0 fully saturated rings. The van der Waals surface area contributed by atoms with E-state index in [1.54, 1.807) is 18.2 Å². The second kappa shape index (κ2) is 6.38. The number of hydrogen-bond acceptors (Lipinski definition) is 1. The highest BCUT2D eigenvalue weighted by Gasteiger charge is 2.11. The third-order valence-corrected chi connectivity index (χ3v) is 2.97.